The van der Waals surface area contributed by atoms with E-state index in [1.807, 2.05) is 36.5 Å². The van der Waals surface area contributed by atoms with Gasteiger partial charge >= 0.3 is 0 Å². The fourth-order valence-electron chi connectivity index (χ4n) is 3.57. The van der Waals surface area contributed by atoms with Gasteiger partial charge in [-0.05, 0) is 47.0 Å². The molecule has 1 aliphatic carbocycles. The second-order valence-electron chi connectivity index (χ2n) is 6.25. The second kappa shape index (κ2) is 6.45. The summed E-state index contributed by atoms with van der Waals surface area (Å²) in [6.45, 7) is 0. The van der Waals surface area contributed by atoms with E-state index in [4.69, 9.17) is 0 Å². The van der Waals surface area contributed by atoms with Crippen LogP contribution in [0, 0.1) is 0 Å². The van der Waals surface area contributed by atoms with Crippen LogP contribution in [0.3, 0.4) is 0 Å². The number of carbonyl (C=O) groups excluding carboxylic acids is 1. The summed E-state index contributed by atoms with van der Waals surface area (Å²) in [5, 5.41) is 0.926. The molecule has 122 valence electrons. The third-order valence-corrected chi connectivity index (χ3v) is 5.66. The van der Waals surface area contributed by atoms with Gasteiger partial charge in [0.05, 0.1) is 5.52 Å². The average molecular weight is 448 g/mol. The van der Waals surface area contributed by atoms with Crippen LogP contribution in [0.2, 0.25) is 0 Å². The summed E-state index contributed by atoms with van der Waals surface area (Å²) >= 11 is 6.91. The zero-order chi connectivity index (χ0) is 16.7. The van der Waals surface area contributed by atoms with Crippen molar-refractivity contribution in [3.8, 4) is 0 Å². The Balaban J connectivity index is 1.87. The van der Waals surface area contributed by atoms with Gasteiger partial charge in [0.2, 0.25) is 0 Å². The van der Waals surface area contributed by atoms with Crippen LogP contribution in [0.4, 0.5) is 0 Å². The highest BCUT2D eigenvalue weighted by atomic mass is 79.9. The van der Waals surface area contributed by atoms with Gasteiger partial charge in [0.1, 0.15) is 4.60 Å². The lowest BCUT2D eigenvalue weighted by Crippen LogP contribution is -2.04. The topological polar surface area (TPSA) is 34.9 Å². The Morgan fingerprint density at radius 2 is 1.96 bits per heavy atom. The van der Waals surface area contributed by atoms with E-state index in [1.165, 1.54) is 25.7 Å². The first kappa shape index (κ1) is 16.0. The van der Waals surface area contributed by atoms with E-state index in [1.54, 1.807) is 6.20 Å². The predicted octanol–water partition coefficient (Wildman–Crippen LogP) is 5.91. The van der Waals surface area contributed by atoms with Gasteiger partial charge in [-0.2, -0.15) is 0 Å². The number of fused-ring (bicyclic) bond motifs is 1. The molecule has 0 amide bonds. The Morgan fingerprint density at radius 1 is 1.17 bits per heavy atom. The smallest absolute Gasteiger partial charge is 0.195 e. The molecule has 0 spiro atoms. The average Bonchev–Trinajstić information content (AvgIpc) is 3.21. The molecule has 3 aromatic rings. The molecule has 1 aliphatic rings. The lowest BCUT2D eigenvalue weighted by Gasteiger charge is -2.13. The summed E-state index contributed by atoms with van der Waals surface area (Å²) in [6, 6.07) is 10.0. The van der Waals surface area contributed by atoms with E-state index in [-0.39, 0.29) is 5.78 Å². The molecule has 0 saturated heterocycles. The van der Waals surface area contributed by atoms with Crippen molar-refractivity contribution >= 4 is 48.5 Å². The SMILES string of the molecule is O=C(c1cccc(Br)c1)c1cn(C2CCCC2)c2cc(Br)ncc12. The number of hydrogen-bond donors (Lipinski definition) is 0. The molecule has 2 aromatic heterocycles. The van der Waals surface area contributed by atoms with E-state index in [9.17, 15) is 4.79 Å². The highest BCUT2D eigenvalue weighted by molar-refractivity contribution is 9.10. The molecular weight excluding hydrogens is 432 g/mol. The molecule has 24 heavy (non-hydrogen) atoms. The lowest BCUT2D eigenvalue weighted by molar-refractivity contribution is 0.104. The van der Waals surface area contributed by atoms with Crippen molar-refractivity contribution in [2.24, 2.45) is 0 Å². The van der Waals surface area contributed by atoms with Gasteiger partial charge in [0.15, 0.2) is 5.78 Å². The molecule has 0 N–H and O–H groups in total. The normalized spacial score (nSPS) is 15.2. The maximum atomic E-state index is 13.1. The van der Waals surface area contributed by atoms with Crippen LogP contribution in [0.5, 0.6) is 0 Å². The first-order valence-electron chi connectivity index (χ1n) is 8.10. The Morgan fingerprint density at radius 3 is 2.71 bits per heavy atom. The number of halogens is 2. The van der Waals surface area contributed by atoms with Crippen LogP contribution in [-0.2, 0) is 0 Å². The summed E-state index contributed by atoms with van der Waals surface area (Å²) in [6.07, 6.45) is 8.69. The van der Waals surface area contributed by atoms with Gasteiger partial charge in [-0.25, -0.2) is 4.98 Å². The number of benzene rings is 1. The monoisotopic (exact) mass is 446 g/mol. The van der Waals surface area contributed by atoms with Crippen molar-refractivity contribution in [2.75, 3.05) is 0 Å². The van der Waals surface area contributed by atoms with Crippen molar-refractivity contribution in [1.29, 1.82) is 0 Å². The number of rotatable bonds is 3. The van der Waals surface area contributed by atoms with Gasteiger partial charge < -0.3 is 4.57 Å². The molecule has 5 heteroatoms. The number of ketones is 1. The third kappa shape index (κ3) is 2.84. The molecule has 1 aromatic carbocycles. The van der Waals surface area contributed by atoms with Crippen LogP contribution in [-0.4, -0.2) is 15.3 Å². The van der Waals surface area contributed by atoms with Gasteiger partial charge in [0.25, 0.3) is 0 Å². The van der Waals surface area contributed by atoms with Crippen molar-refractivity contribution in [1.82, 2.24) is 9.55 Å². The van der Waals surface area contributed by atoms with Crippen molar-refractivity contribution in [3.05, 3.63) is 62.9 Å². The van der Waals surface area contributed by atoms with E-state index in [0.717, 1.165) is 25.5 Å². The Hall–Kier alpha value is -1.46. The van der Waals surface area contributed by atoms with Crippen molar-refractivity contribution in [3.63, 3.8) is 0 Å². The zero-order valence-corrected chi connectivity index (χ0v) is 16.2. The van der Waals surface area contributed by atoms with E-state index >= 15 is 0 Å². The van der Waals surface area contributed by atoms with Crippen LogP contribution in [0.15, 0.2) is 51.8 Å². The summed E-state index contributed by atoms with van der Waals surface area (Å²) in [5.41, 5.74) is 2.51. The minimum Gasteiger partial charge on any atom is -0.344 e. The van der Waals surface area contributed by atoms with Gasteiger partial charge in [-0.15, -0.1) is 0 Å². The molecule has 3 nitrogen and oxygen atoms in total. The Labute approximate surface area is 157 Å². The number of carbonyl (C=O) groups is 1. The maximum Gasteiger partial charge on any atom is 0.195 e. The number of hydrogen-bond acceptors (Lipinski definition) is 2. The zero-order valence-electron chi connectivity index (χ0n) is 13.0. The highest BCUT2D eigenvalue weighted by Gasteiger charge is 2.23. The molecule has 0 atom stereocenters. The van der Waals surface area contributed by atoms with E-state index < -0.39 is 0 Å². The largest absolute Gasteiger partial charge is 0.344 e. The molecule has 0 unspecified atom stereocenters. The van der Waals surface area contributed by atoms with Crippen LogP contribution < -0.4 is 0 Å². The van der Waals surface area contributed by atoms with E-state index in [2.05, 4.69) is 41.4 Å². The summed E-state index contributed by atoms with van der Waals surface area (Å²) in [7, 11) is 0. The first-order chi connectivity index (χ1) is 11.6. The Kier molecular flexibility index (Phi) is 4.31. The van der Waals surface area contributed by atoms with Crippen molar-refractivity contribution < 1.29 is 4.79 Å². The first-order valence-corrected chi connectivity index (χ1v) is 9.68. The Bertz CT molecular complexity index is 926. The van der Waals surface area contributed by atoms with Crippen LogP contribution >= 0.6 is 31.9 Å². The molecule has 4 rings (SSSR count). The maximum absolute atomic E-state index is 13.1. The molecule has 2 heterocycles. The molecular formula is C19H16Br2N2O. The van der Waals surface area contributed by atoms with Gasteiger partial charge in [-0.1, -0.05) is 40.9 Å². The predicted molar refractivity (Wildman–Crippen MR) is 103 cm³/mol. The molecule has 1 fully saturated rings. The highest BCUT2D eigenvalue weighted by Crippen LogP contribution is 2.35. The second-order valence-corrected chi connectivity index (χ2v) is 7.98. The number of pyridine rings is 1. The summed E-state index contributed by atoms with van der Waals surface area (Å²) < 4.78 is 3.99. The quantitative estimate of drug-likeness (QED) is 0.369. The minimum absolute atomic E-state index is 0.0437. The molecule has 0 radical (unpaired) electrons. The summed E-state index contributed by atoms with van der Waals surface area (Å²) in [4.78, 5) is 17.4. The third-order valence-electron chi connectivity index (χ3n) is 4.73. The fraction of sp³-hybridized carbons (Fsp3) is 0.263. The van der Waals surface area contributed by atoms with Gasteiger partial charge in [0, 0.05) is 39.4 Å². The van der Waals surface area contributed by atoms with E-state index in [0.29, 0.717) is 11.6 Å². The van der Waals surface area contributed by atoms with Crippen LogP contribution in [0.25, 0.3) is 10.9 Å². The van der Waals surface area contributed by atoms with Crippen LogP contribution in [0.1, 0.15) is 47.6 Å². The molecule has 0 aliphatic heterocycles. The van der Waals surface area contributed by atoms with Gasteiger partial charge in [-0.3, -0.25) is 4.79 Å². The fourth-order valence-corrected chi connectivity index (χ4v) is 4.29. The molecule has 1 saturated carbocycles. The standard InChI is InChI=1S/C19H16Br2N2O/c20-13-5-3-4-12(8-13)19(24)16-11-23(14-6-1-2-7-14)17-9-18(21)22-10-15(16)17/h3-5,8-11,14H,1-2,6-7H2. The molecule has 0 bridgehead atoms. The lowest BCUT2D eigenvalue weighted by atomic mass is 10.0. The minimum atomic E-state index is 0.0437. The summed E-state index contributed by atoms with van der Waals surface area (Å²) in [5.74, 6) is 0.0437. The number of nitrogens with zero attached hydrogens (tertiary/aromatic N) is 2. The number of aromatic nitrogens is 2. The van der Waals surface area contributed by atoms with Crippen molar-refractivity contribution in [2.45, 2.75) is 31.7 Å².